The minimum absolute atomic E-state index is 0.0206. The number of nitrogens with two attached hydrogens (primary N) is 1. The number of anilines is 2. The van der Waals surface area contributed by atoms with Gasteiger partial charge in [0, 0.05) is 5.69 Å². The number of nitrogen functional groups attached to an aromatic ring is 1. The van der Waals surface area contributed by atoms with E-state index >= 15 is 0 Å². The minimum Gasteiger partial charge on any atom is -0.399 e. The average Bonchev–Trinajstić information content (AvgIpc) is 2.49. The first-order valence-corrected chi connectivity index (χ1v) is 4.34. The van der Waals surface area contributed by atoms with Crippen molar-refractivity contribution in [2.75, 3.05) is 23.8 Å². The molecule has 0 aromatic heterocycles. The van der Waals surface area contributed by atoms with Crippen molar-refractivity contribution >= 4 is 17.3 Å². The van der Waals surface area contributed by atoms with E-state index in [-0.39, 0.29) is 30.5 Å². The number of hydrogen-bond acceptors (Lipinski definition) is 3. The maximum Gasteiger partial charge on any atom is 0.240 e. The van der Waals surface area contributed by atoms with Gasteiger partial charge in [0.05, 0.1) is 13.2 Å². The van der Waals surface area contributed by atoms with Gasteiger partial charge in [0.2, 0.25) is 5.91 Å². The fourth-order valence-corrected chi connectivity index (χ4v) is 1.51. The van der Waals surface area contributed by atoms with Crippen LogP contribution in [-0.2, 0) is 4.79 Å². The highest BCUT2D eigenvalue weighted by Gasteiger charge is 2.24. The van der Waals surface area contributed by atoms with Crippen molar-refractivity contribution in [3.63, 3.8) is 0 Å². The van der Waals surface area contributed by atoms with Gasteiger partial charge in [-0.15, -0.1) is 0 Å². The van der Waals surface area contributed by atoms with Gasteiger partial charge in [0.25, 0.3) is 0 Å². The third-order valence-corrected chi connectivity index (χ3v) is 2.16. The molecule has 4 nitrogen and oxygen atoms in total. The zero-order chi connectivity index (χ0) is 11.0. The predicted octanol–water partition coefficient (Wildman–Crippen LogP) is 0.441. The van der Waals surface area contributed by atoms with E-state index in [2.05, 4.69) is 5.32 Å². The molecule has 0 spiro atoms. The van der Waals surface area contributed by atoms with Crippen LogP contribution in [0.3, 0.4) is 0 Å². The number of carbonyl (C=O) groups is 1. The van der Waals surface area contributed by atoms with E-state index in [9.17, 15) is 13.6 Å². The Morgan fingerprint density at radius 3 is 2.40 bits per heavy atom. The molecule has 0 saturated carbocycles. The number of halogens is 2. The number of nitrogens with zero attached hydrogens (tertiary/aromatic N) is 1. The van der Waals surface area contributed by atoms with E-state index < -0.39 is 11.6 Å². The second kappa shape index (κ2) is 3.38. The van der Waals surface area contributed by atoms with Crippen LogP contribution >= 0.6 is 0 Å². The van der Waals surface area contributed by atoms with Crippen LogP contribution in [0.1, 0.15) is 0 Å². The lowest BCUT2D eigenvalue weighted by Crippen LogP contribution is -2.23. The lowest BCUT2D eigenvalue weighted by atomic mass is 10.2. The molecule has 1 aromatic carbocycles. The molecule has 0 radical (unpaired) electrons. The molecule has 80 valence electrons. The summed E-state index contributed by atoms with van der Waals surface area (Å²) in [6.45, 7) is 0.0638. The van der Waals surface area contributed by atoms with Crippen molar-refractivity contribution in [3.8, 4) is 0 Å². The fraction of sp³-hybridized carbons (Fsp3) is 0.222. The predicted molar refractivity (Wildman–Crippen MR) is 51.1 cm³/mol. The van der Waals surface area contributed by atoms with E-state index in [1.54, 1.807) is 0 Å². The summed E-state index contributed by atoms with van der Waals surface area (Å²) in [7, 11) is 0. The topological polar surface area (TPSA) is 58.4 Å². The van der Waals surface area contributed by atoms with Gasteiger partial charge in [-0.3, -0.25) is 4.79 Å². The Balaban J connectivity index is 2.39. The zero-order valence-electron chi connectivity index (χ0n) is 7.76. The molecule has 1 aromatic rings. The summed E-state index contributed by atoms with van der Waals surface area (Å²) in [6, 6.07) is 2.06. The van der Waals surface area contributed by atoms with Gasteiger partial charge in [-0.25, -0.2) is 8.78 Å². The lowest BCUT2D eigenvalue weighted by Gasteiger charge is -2.17. The number of nitrogens with one attached hydrogen (secondary N) is 1. The van der Waals surface area contributed by atoms with Gasteiger partial charge in [-0.1, -0.05) is 0 Å². The molecule has 1 amide bonds. The average molecular weight is 213 g/mol. The Hall–Kier alpha value is -1.85. The summed E-state index contributed by atoms with van der Waals surface area (Å²) in [5.74, 6) is -1.78. The molecule has 1 saturated heterocycles. The van der Waals surface area contributed by atoms with Crippen LogP contribution in [0.4, 0.5) is 20.2 Å². The van der Waals surface area contributed by atoms with Crippen LogP contribution in [0.5, 0.6) is 0 Å². The van der Waals surface area contributed by atoms with Crippen LogP contribution in [0.15, 0.2) is 12.1 Å². The van der Waals surface area contributed by atoms with Gasteiger partial charge < -0.3 is 16.0 Å². The van der Waals surface area contributed by atoms with Crippen LogP contribution in [0.2, 0.25) is 0 Å². The molecule has 6 heteroatoms. The van der Waals surface area contributed by atoms with Crippen LogP contribution in [0, 0.1) is 11.6 Å². The first-order valence-electron chi connectivity index (χ1n) is 4.34. The molecule has 15 heavy (non-hydrogen) atoms. The normalized spacial score (nSPS) is 15.6. The first-order chi connectivity index (χ1) is 7.08. The Morgan fingerprint density at radius 2 is 1.93 bits per heavy atom. The lowest BCUT2D eigenvalue weighted by molar-refractivity contribution is -0.118. The fourth-order valence-electron chi connectivity index (χ4n) is 1.51. The zero-order valence-corrected chi connectivity index (χ0v) is 7.76. The first kappa shape index (κ1) is 9.70. The summed E-state index contributed by atoms with van der Waals surface area (Å²) in [4.78, 5) is 12.2. The monoisotopic (exact) mass is 213 g/mol. The van der Waals surface area contributed by atoms with Gasteiger partial charge in [-0.05, 0) is 12.1 Å². The number of amides is 1. The quantitative estimate of drug-likeness (QED) is 0.665. The molecule has 0 unspecified atom stereocenters. The molecule has 0 aliphatic carbocycles. The molecule has 3 N–H and O–H groups in total. The van der Waals surface area contributed by atoms with Gasteiger partial charge in [0.1, 0.15) is 5.69 Å². The number of carbonyl (C=O) groups excluding carboxylic acids is 1. The third kappa shape index (κ3) is 1.70. The van der Waals surface area contributed by atoms with Crippen LogP contribution < -0.4 is 16.0 Å². The maximum atomic E-state index is 13.4. The van der Waals surface area contributed by atoms with Crippen LogP contribution in [-0.4, -0.2) is 19.1 Å². The van der Waals surface area contributed by atoms with Gasteiger partial charge >= 0.3 is 0 Å². The highest BCUT2D eigenvalue weighted by Crippen LogP contribution is 2.26. The maximum absolute atomic E-state index is 13.4. The Morgan fingerprint density at radius 1 is 1.33 bits per heavy atom. The number of hydrogen-bond donors (Lipinski definition) is 2. The second-order valence-electron chi connectivity index (χ2n) is 3.29. The molecule has 1 aliphatic heterocycles. The van der Waals surface area contributed by atoms with E-state index in [0.717, 1.165) is 12.1 Å². The number of benzene rings is 1. The summed E-state index contributed by atoms with van der Waals surface area (Å²) in [5.41, 5.74) is 5.07. The molecule has 1 aliphatic rings. The Kier molecular flexibility index (Phi) is 2.18. The van der Waals surface area contributed by atoms with E-state index in [4.69, 9.17) is 5.73 Å². The van der Waals surface area contributed by atoms with E-state index in [1.807, 2.05) is 0 Å². The summed E-state index contributed by atoms with van der Waals surface area (Å²) < 4.78 is 26.8. The van der Waals surface area contributed by atoms with Crippen LogP contribution in [0.25, 0.3) is 0 Å². The second-order valence-corrected chi connectivity index (χ2v) is 3.29. The summed E-state index contributed by atoms with van der Waals surface area (Å²) in [5, 5.41) is 2.46. The van der Waals surface area contributed by atoms with E-state index in [0.29, 0.717) is 0 Å². The van der Waals surface area contributed by atoms with Gasteiger partial charge in [0.15, 0.2) is 11.6 Å². The summed E-state index contributed by atoms with van der Waals surface area (Å²) in [6.07, 6.45) is 0. The SMILES string of the molecule is Nc1cc(F)c(N2CNC(=O)C2)c(F)c1. The highest BCUT2D eigenvalue weighted by atomic mass is 19.1. The Labute approximate surface area is 84.7 Å². The highest BCUT2D eigenvalue weighted by molar-refractivity contribution is 5.84. The standard InChI is InChI=1S/C9H9F2N3O/c10-6-1-5(12)2-7(11)9(6)14-3-8(15)13-4-14/h1-2H,3-4,12H2,(H,13,15). The molecule has 0 bridgehead atoms. The van der Waals surface area contributed by atoms with Gasteiger partial charge in [-0.2, -0.15) is 0 Å². The molecular formula is C9H9F2N3O. The van der Waals surface area contributed by atoms with Crippen molar-refractivity contribution < 1.29 is 13.6 Å². The molecule has 1 heterocycles. The molecule has 1 fully saturated rings. The van der Waals surface area contributed by atoms with E-state index in [1.165, 1.54) is 4.90 Å². The molecule has 0 atom stereocenters. The third-order valence-electron chi connectivity index (χ3n) is 2.16. The smallest absolute Gasteiger partial charge is 0.240 e. The largest absolute Gasteiger partial charge is 0.399 e. The summed E-state index contributed by atoms with van der Waals surface area (Å²) >= 11 is 0. The molecule has 2 rings (SSSR count). The minimum atomic E-state index is -0.760. The van der Waals surface area contributed by atoms with Crippen molar-refractivity contribution in [2.24, 2.45) is 0 Å². The van der Waals surface area contributed by atoms with Crippen molar-refractivity contribution in [2.45, 2.75) is 0 Å². The van der Waals surface area contributed by atoms with Crippen molar-refractivity contribution in [1.82, 2.24) is 5.32 Å². The number of rotatable bonds is 1. The molecular weight excluding hydrogens is 204 g/mol. The Bertz CT molecular complexity index is 399. The van der Waals surface area contributed by atoms with Crippen molar-refractivity contribution in [1.29, 1.82) is 0 Å². The van der Waals surface area contributed by atoms with Crippen molar-refractivity contribution in [3.05, 3.63) is 23.8 Å².